The van der Waals surface area contributed by atoms with Crippen molar-refractivity contribution in [3.05, 3.63) is 0 Å². The van der Waals surface area contributed by atoms with Crippen molar-refractivity contribution in [1.82, 2.24) is 0 Å². The van der Waals surface area contributed by atoms with Gasteiger partial charge in [-0.25, -0.2) is 9.09 Å². The van der Waals surface area contributed by atoms with Crippen molar-refractivity contribution in [3.63, 3.8) is 0 Å². The molecule has 76 valence electrons. The van der Waals surface area contributed by atoms with Gasteiger partial charge in [0.05, 0.1) is 6.61 Å². The van der Waals surface area contributed by atoms with Gasteiger partial charge in [0.2, 0.25) is 0 Å². The Morgan fingerprint density at radius 3 is 2.15 bits per heavy atom. The number of hydrogen-bond acceptors (Lipinski definition) is 6. The molecule has 0 aromatic rings. The van der Waals surface area contributed by atoms with Crippen LogP contribution in [0, 0.1) is 0 Å². The van der Waals surface area contributed by atoms with Crippen LogP contribution in [0.3, 0.4) is 0 Å². The van der Waals surface area contributed by atoms with Gasteiger partial charge in [-0.15, -0.1) is 0 Å². The predicted molar refractivity (Wildman–Crippen MR) is 36.5 cm³/mol. The molecule has 1 unspecified atom stereocenters. The maximum absolute atomic E-state index is 10.6. The van der Waals surface area contributed by atoms with Crippen LogP contribution in [-0.4, -0.2) is 33.0 Å². The number of rotatable bonds is 5. The second-order valence-corrected chi connectivity index (χ2v) is 3.34. The molecule has 0 rings (SSSR count). The van der Waals surface area contributed by atoms with Crippen LogP contribution in [0.4, 0.5) is 0 Å². The summed E-state index contributed by atoms with van der Waals surface area (Å²) in [5, 5.41) is 24.4. The summed E-state index contributed by atoms with van der Waals surface area (Å²) in [6.45, 7) is 1.58. The smallest absolute Gasteiger partial charge is 0.319 e. The average Bonchev–Trinajstić information content (AvgIpc) is 1.78. The van der Waals surface area contributed by atoms with E-state index in [4.69, 9.17) is 20.2 Å². The first-order valence-corrected chi connectivity index (χ1v) is 4.61. The van der Waals surface area contributed by atoms with Crippen LogP contribution in [-0.2, 0) is 33.1 Å². The molecule has 9 heteroatoms. The first-order chi connectivity index (χ1) is 5.27. The summed E-state index contributed by atoms with van der Waals surface area (Å²) in [5.41, 5.74) is 0. The number of hydrogen-bond donors (Lipinski definition) is 4. The Morgan fingerprint density at radius 2 is 1.85 bits per heavy atom. The molecule has 0 fully saturated rings. The van der Waals surface area contributed by atoms with Crippen LogP contribution < -0.4 is 0 Å². The Kier molecular flexibility index (Phi) is 7.61. The zero-order valence-electron chi connectivity index (χ0n) is 7.08. The Labute approximate surface area is 87.7 Å². The third kappa shape index (κ3) is 10.5. The van der Waals surface area contributed by atoms with Crippen LogP contribution in [0.5, 0.6) is 0 Å². The summed E-state index contributed by atoms with van der Waals surface area (Å²) < 4.78 is 18.3. The molecule has 0 aromatic heterocycles. The minimum absolute atomic E-state index is 0. The fourth-order valence-corrected chi connectivity index (χ4v) is 1.16. The van der Waals surface area contributed by atoms with E-state index in [1.807, 2.05) is 0 Å². The minimum atomic E-state index is -4.58. The monoisotopic (exact) mass is 266 g/mol. The summed E-state index contributed by atoms with van der Waals surface area (Å²) in [4.78, 5) is 8.61. The van der Waals surface area contributed by atoms with Gasteiger partial charge < -0.3 is 20.2 Å². The van der Waals surface area contributed by atoms with E-state index < -0.39 is 14.0 Å². The van der Waals surface area contributed by atoms with E-state index in [2.05, 4.69) is 9.05 Å². The molecule has 7 nitrogen and oxygen atoms in total. The molecular formula is C4H11O7PZn. The molecule has 0 aliphatic heterocycles. The molecule has 0 saturated carbocycles. The fourth-order valence-electron chi connectivity index (χ4n) is 0.388. The van der Waals surface area contributed by atoms with Crippen LogP contribution in [0.1, 0.15) is 13.3 Å². The molecule has 0 radical (unpaired) electrons. The number of aliphatic hydroxyl groups is 3. The topological polar surface area (TPSA) is 116 Å². The molecule has 0 aliphatic carbocycles. The van der Waals surface area contributed by atoms with E-state index in [9.17, 15) is 4.57 Å². The van der Waals surface area contributed by atoms with Crippen molar-refractivity contribution < 1.29 is 53.3 Å². The standard InChI is InChI=1S/C4H11O7P.Zn/c1-2-3-10-12(8,9)11-4(5,6)7;/h5-7H,2-3H2,1H3,(H,8,9);. The summed E-state index contributed by atoms with van der Waals surface area (Å²) in [6.07, 6.45) is -3.21. The first-order valence-electron chi connectivity index (χ1n) is 3.12. The number of phosphoric ester groups is 1. The summed E-state index contributed by atoms with van der Waals surface area (Å²) in [7, 11) is -4.58. The van der Waals surface area contributed by atoms with Gasteiger partial charge in [0.25, 0.3) is 0 Å². The molecule has 1 atom stereocenters. The van der Waals surface area contributed by atoms with Gasteiger partial charge >= 0.3 is 14.0 Å². The maximum atomic E-state index is 10.6. The van der Waals surface area contributed by atoms with Crippen LogP contribution in [0.15, 0.2) is 0 Å². The van der Waals surface area contributed by atoms with Crippen LogP contribution in [0.25, 0.3) is 0 Å². The van der Waals surface area contributed by atoms with Crippen LogP contribution in [0.2, 0.25) is 0 Å². The Morgan fingerprint density at radius 1 is 1.38 bits per heavy atom. The van der Waals surface area contributed by atoms with Crippen molar-refractivity contribution in [2.75, 3.05) is 6.61 Å². The summed E-state index contributed by atoms with van der Waals surface area (Å²) in [5.74, 6) is 0. The molecule has 0 aliphatic rings. The second-order valence-electron chi connectivity index (χ2n) is 1.97. The first kappa shape index (κ1) is 16.1. The molecule has 0 spiro atoms. The maximum Gasteiger partial charge on any atom is 0.478 e. The zero-order chi connectivity index (χ0) is 9.83. The Hall–Kier alpha value is 0.613. The average molecular weight is 267 g/mol. The van der Waals surface area contributed by atoms with E-state index in [-0.39, 0.29) is 26.1 Å². The molecule has 0 saturated heterocycles. The SMILES string of the molecule is CCCOP(=O)(O)OC(O)(O)O.[Zn]. The van der Waals surface area contributed by atoms with E-state index in [0.29, 0.717) is 6.42 Å². The zero-order valence-corrected chi connectivity index (χ0v) is 10.9. The Bertz CT molecular complexity index is 178. The largest absolute Gasteiger partial charge is 0.478 e. The third-order valence-electron chi connectivity index (χ3n) is 0.696. The predicted octanol–water partition coefficient (Wildman–Crippen LogP) is -0.884. The molecule has 4 N–H and O–H groups in total. The normalized spacial score (nSPS) is 16.1. The minimum Gasteiger partial charge on any atom is -0.319 e. The summed E-state index contributed by atoms with van der Waals surface area (Å²) in [6, 6.07) is 0. The van der Waals surface area contributed by atoms with Crippen molar-refractivity contribution in [2.24, 2.45) is 0 Å². The van der Waals surface area contributed by atoms with Crippen molar-refractivity contribution in [2.45, 2.75) is 19.5 Å². The van der Waals surface area contributed by atoms with Crippen molar-refractivity contribution >= 4 is 7.82 Å². The van der Waals surface area contributed by atoms with Crippen molar-refractivity contribution in [1.29, 1.82) is 0 Å². The van der Waals surface area contributed by atoms with Gasteiger partial charge in [-0.2, -0.15) is 0 Å². The van der Waals surface area contributed by atoms with Gasteiger partial charge in [0.15, 0.2) is 0 Å². The quantitative estimate of drug-likeness (QED) is 0.290. The molecule has 0 amide bonds. The number of phosphoric acid groups is 1. The van der Waals surface area contributed by atoms with Gasteiger partial charge in [0, 0.05) is 19.5 Å². The van der Waals surface area contributed by atoms with Crippen LogP contribution >= 0.6 is 7.82 Å². The van der Waals surface area contributed by atoms with Gasteiger partial charge in [-0.05, 0) is 6.42 Å². The Balaban J connectivity index is 0. The third-order valence-corrected chi connectivity index (χ3v) is 1.68. The van der Waals surface area contributed by atoms with E-state index in [1.54, 1.807) is 6.92 Å². The molecule has 0 heterocycles. The molecular weight excluding hydrogens is 256 g/mol. The molecule has 0 bridgehead atoms. The second kappa shape index (κ2) is 6.16. The molecule has 0 aromatic carbocycles. The van der Waals surface area contributed by atoms with E-state index >= 15 is 0 Å². The van der Waals surface area contributed by atoms with E-state index in [1.165, 1.54) is 0 Å². The van der Waals surface area contributed by atoms with Crippen molar-refractivity contribution in [3.8, 4) is 0 Å². The van der Waals surface area contributed by atoms with E-state index in [0.717, 1.165) is 0 Å². The van der Waals surface area contributed by atoms with Gasteiger partial charge in [-0.1, -0.05) is 6.92 Å². The van der Waals surface area contributed by atoms with Gasteiger partial charge in [-0.3, -0.25) is 4.52 Å². The van der Waals surface area contributed by atoms with Gasteiger partial charge in [0.1, 0.15) is 0 Å². The fraction of sp³-hybridized carbons (Fsp3) is 1.00. The molecule has 13 heavy (non-hydrogen) atoms. The summed E-state index contributed by atoms with van der Waals surface area (Å²) >= 11 is 0.